The van der Waals surface area contributed by atoms with Gasteiger partial charge in [-0.3, -0.25) is 0 Å². The minimum absolute atomic E-state index is 0.0409. The van der Waals surface area contributed by atoms with Gasteiger partial charge in [-0.15, -0.1) is 0 Å². The number of carbonyl (C=O) groups excluding carboxylic acids is 1. The number of hydrogen-bond acceptors (Lipinski definition) is 18. The van der Waals surface area contributed by atoms with E-state index in [9.17, 15) is 55.9 Å². The van der Waals surface area contributed by atoms with E-state index in [1.807, 2.05) is 6.92 Å². The average Bonchev–Trinajstić information content (AvgIpc) is 3.77. The molecule has 10 N–H and O–H groups in total. The molecule has 18 nitrogen and oxygen atoms in total. The van der Waals surface area contributed by atoms with Gasteiger partial charge in [0, 0.05) is 29.2 Å². The van der Waals surface area contributed by atoms with Crippen molar-refractivity contribution in [3.05, 3.63) is 11.6 Å². The Morgan fingerprint density at radius 3 is 2.12 bits per heavy atom. The van der Waals surface area contributed by atoms with Gasteiger partial charge in [0.1, 0.15) is 55.4 Å². The van der Waals surface area contributed by atoms with Gasteiger partial charge < -0.3 is 84.2 Å². The van der Waals surface area contributed by atoms with Crippen LogP contribution in [0.3, 0.4) is 0 Å². The largest absolute Gasteiger partial charge is 0.458 e. The molecule has 0 aromatic carbocycles. The maximum atomic E-state index is 12.6. The van der Waals surface area contributed by atoms with Crippen molar-refractivity contribution in [3.63, 3.8) is 0 Å². The van der Waals surface area contributed by atoms with Crippen molar-refractivity contribution in [1.29, 1.82) is 0 Å². The van der Waals surface area contributed by atoms with E-state index < -0.39 is 115 Å². The number of esters is 1. The number of rotatable bonds is 10. The molecular weight excluding hydrogens is 792 g/mol. The van der Waals surface area contributed by atoms with E-state index in [1.165, 1.54) is 0 Å². The lowest BCUT2D eigenvalue weighted by molar-refractivity contribution is -0.350. The van der Waals surface area contributed by atoms with Gasteiger partial charge in [0.25, 0.3) is 0 Å². The van der Waals surface area contributed by atoms with Crippen molar-refractivity contribution in [2.75, 3.05) is 26.4 Å². The predicted octanol–water partition coefficient (Wildman–Crippen LogP) is -1.50. The molecule has 0 aromatic heterocycles. The van der Waals surface area contributed by atoms with Gasteiger partial charge >= 0.3 is 5.97 Å². The molecule has 3 saturated heterocycles. The molecule has 0 radical (unpaired) electrons. The van der Waals surface area contributed by atoms with Crippen LogP contribution in [0.4, 0.5) is 0 Å². The molecule has 4 saturated carbocycles. The van der Waals surface area contributed by atoms with E-state index in [1.54, 1.807) is 13.0 Å². The molecule has 4 aliphatic carbocycles. The summed E-state index contributed by atoms with van der Waals surface area (Å²) >= 11 is 0. The lowest BCUT2D eigenvalue weighted by Gasteiger charge is -2.66. The van der Waals surface area contributed by atoms with Crippen LogP contribution in [0.1, 0.15) is 85.0 Å². The lowest BCUT2D eigenvalue weighted by atomic mass is 9.41. The Kier molecular flexibility index (Phi) is 12.7. The summed E-state index contributed by atoms with van der Waals surface area (Å²) in [5.41, 5.74) is -2.51. The zero-order valence-electron chi connectivity index (χ0n) is 34.6. The fraction of sp³-hybridized carbons (Fsp3) is 0.929. The third-order valence-corrected chi connectivity index (χ3v) is 16.6. The molecular formula is C42H66O18. The summed E-state index contributed by atoms with van der Waals surface area (Å²) in [5.74, 6) is -0.709. The molecule has 22 atom stereocenters. The molecule has 342 valence electrons. The molecule has 4 heterocycles. The van der Waals surface area contributed by atoms with Gasteiger partial charge in [0.05, 0.1) is 49.3 Å². The van der Waals surface area contributed by atoms with Gasteiger partial charge in [-0.2, -0.15) is 0 Å². The second-order valence-corrected chi connectivity index (χ2v) is 19.5. The third kappa shape index (κ3) is 7.31. The van der Waals surface area contributed by atoms with Gasteiger partial charge in [0.15, 0.2) is 18.9 Å². The van der Waals surface area contributed by atoms with Crippen LogP contribution in [-0.2, 0) is 38.0 Å². The number of aliphatic hydroxyl groups excluding tert-OH is 8. The fourth-order valence-corrected chi connectivity index (χ4v) is 13.0. The Hall–Kier alpha value is -1.43. The standard InChI is InChI=1S/C42H66O18/c1-19-12-26(58-38-35(51)33(49)31(47)28(60-38)17-55-37-34(50)32(48)30(46)27(15-43)59-37)20(2)56-36(19)57-22-4-9-40(18-44)24-5-8-39(3)23(21-13-29(45)54-16-21)7-11-42(39,53)25(24)6-10-41(40,52)14-22/h13,19-20,22-28,30-38,43-44,46-53H,4-12,14-18H2,1-3H3. The van der Waals surface area contributed by atoms with E-state index in [0.29, 0.717) is 51.4 Å². The molecule has 0 amide bonds. The molecule has 18 heteroatoms. The predicted molar refractivity (Wildman–Crippen MR) is 203 cm³/mol. The minimum Gasteiger partial charge on any atom is -0.458 e. The molecule has 8 rings (SSSR count). The topological polar surface area (TPSA) is 284 Å². The van der Waals surface area contributed by atoms with Crippen molar-refractivity contribution in [2.45, 2.75) is 182 Å². The van der Waals surface area contributed by atoms with Crippen LogP contribution < -0.4 is 0 Å². The first kappa shape index (κ1) is 45.1. The first-order chi connectivity index (χ1) is 28.4. The molecule has 0 aromatic rings. The highest BCUT2D eigenvalue weighted by Gasteiger charge is 2.71. The quantitative estimate of drug-likeness (QED) is 0.0884. The van der Waals surface area contributed by atoms with Crippen LogP contribution in [0.15, 0.2) is 11.6 Å². The summed E-state index contributed by atoms with van der Waals surface area (Å²) in [6, 6.07) is 0. The Balaban J connectivity index is 0.871. The van der Waals surface area contributed by atoms with Crippen LogP contribution in [0.2, 0.25) is 0 Å². The molecule has 8 aliphatic rings. The summed E-state index contributed by atoms with van der Waals surface area (Å²) in [6.07, 6.45) is -10.4. The van der Waals surface area contributed by atoms with E-state index in [-0.39, 0.29) is 49.0 Å². The Morgan fingerprint density at radius 2 is 1.43 bits per heavy atom. The van der Waals surface area contributed by atoms with Gasteiger partial charge in [-0.05, 0) is 88.0 Å². The second kappa shape index (κ2) is 16.8. The second-order valence-electron chi connectivity index (χ2n) is 19.5. The van der Waals surface area contributed by atoms with Crippen molar-refractivity contribution >= 4 is 5.97 Å². The number of fused-ring (bicyclic) bond motifs is 5. The summed E-state index contributed by atoms with van der Waals surface area (Å²) in [5, 5.41) is 109. The molecule has 7 fully saturated rings. The maximum Gasteiger partial charge on any atom is 0.331 e. The SMILES string of the molecule is CC1CC(OC2OC(COC3OC(CO)C(O)C(O)C3O)C(O)C(O)C2O)C(C)OC1OC1CCC2(CO)C3CCC4(C)C(C5=CC(=O)OC5)CCC4(O)C3CCC2(O)C1. The highest BCUT2D eigenvalue weighted by Crippen LogP contribution is 2.70. The number of hydrogen-bond donors (Lipinski definition) is 10. The maximum absolute atomic E-state index is 12.6. The van der Waals surface area contributed by atoms with Gasteiger partial charge in [-0.25, -0.2) is 4.79 Å². The Morgan fingerprint density at radius 1 is 0.750 bits per heavy atom. The van der Waals surface area contributed by atoms with Gasteiger partial charge in [0.2, 0.25) is 0 Å². The van der Waals surface area contributed by atoms with E-state index in [2.05, 4.69) is 6.92 Å². The first-order valence-corrected chi connectivity index (χ1v) is 21.9. The van der Waals surface area contributed by atoms with Crippen molar-refractivity contribution in [2.24, 2.45) is 34.5 Å². The van der Waals surface area contributed by atoms with Crippen LogP contribution in [0.5, 0.6) is 0 Å². The van der Waals surface area contributed by atoms with Gasteiger partial charge in [-0.1, -0.05) is 13.8 Å². The van der Waals surface area contributed by atoms with E-state index in [0.717, 1.165) is 18.4 Å². The smallest absolute Gasteiger partial charge is 0.331 e. The van der Waals surface area contributed by atoms with E-state index >= 15 is 0 Å². The first-order valence-electron chi connectivity index (χ1n) is 21.9. The Labute approximate surface area is 349 Å². The number of carbonyl (C=O) groups is 1. The normalized spacial score (nSPS) is 54.4. The lowest BCUT2D eigenvalue weighted by Crippen LogP contribution is -2.69. The number of aliphatic hydroxyl groups is 10. The third-order valence-electron chi connectivity index (χ3n) is 16.6. The van der Waals surface area contributed by atoms with Crippen LogP contribution in [0.25, 0.3) is 0 Å². The summed E-state index contributed by atoms with van der Waals surface area (Å²) < 4.78 is 41.1. The van der Waals surface area contributed by atoms with Crippen molar-refractivity contribution in [1.82, 2.24) is 0 Å². The number of cyclic esters (lactones) is 1. The highest BCUT2D eigenvalue weighted by molar-refractivity contribution is 5.85. The summed E-state index contributed by atoms with van der Waals surface area (Å²) in [7, 11) is 0. The molecule has 0 spiro atoms. The molecule has 4 aliphatic heterocycles. The zero-order valence-corrected chi connectivity index (χ0v) is 34.6. The molecule has 22 unspecified atom stereocenters. The van der Waals surface area contributed by atoms with Crippen molar-refractivity contribution < 1.29 is 89.0 Å². The summed E-state index contributed by atoms with van der Waals surface area (Å²) in [4.78, 5) is 12.0. The average molecular weight is 859 g/mol. The Bertz CT molecular complexity index is 1580. The monoisotopic (exact) mass is 858 g/mol. The minimum atomic E-state index is -1.70. The fourth-order valence-electron chi connectivity index (χ4n) is 13.0. The molecule has 60 heavy (non-hydrogen) atoms. The van der Waals surface area contributed by atoms with Crippen LogP contribution in [0, 0.1) is 34.5 Å². The molecule has 0 bridgehead atoms. The van der Waals surface area contributed by atoms with Crippen LogP contribution in [-0.4, -0.2) is 181 Å². The van der Waals surface area contributed by atoms with Crippen LogP contribution >= 0.6 is 0 Å². The summed E-state index contributed by atoms with van der Waals surface area (Å²) in [6.45, 7) is 4.77. The van der Waals surface area contributed by atoms with Crippen molar-refractivity contribution in [3.8, 4) is 0 Å². The number of ether oxygens (including phenoxy) is 7. The zero-order chi connectivity index (χ0) is 43.1. The van der Waals surface area contributed by atoms with E-state index in [4.69, 9.17) is 33.2 Å². The highest BCUT2D eigenvalue weighted by atomic mass is 16.7.